The molecule has 1 aromatic rings. The van der Waals surface area contributed by atoms with Crippen LogP contribution in [0, 0.1) is 12.8 Å². The minimum Gasteiger partial charge on any atom is -0.370 e. The van der Waals surface area contributed by atoms with Crippen molar-refractivity contribution in [3.63, 3.8) is 0 Å². The standard InChI is InChI=1S/C18H31N5O.HI/c1-13(2)7-5-8-15(4)22-18(19)20-12-11-17(24)23-16-10-6-9-14(3)21-16;/h6,9-10,13,15H,5,7-8,11-12H2,1-4H3,(H3,19,20,22)(H,21,23,24);1H. The fraction of sp³-hybridized carbons (Fsp3) is 0.611. The molecule has 1 rings (SSSR count). The van der Waals surface area contributed by atoms with Crippen LogP contribution in [-0.2, 0) is 4.79 Å². The monoisotopic (exact) mass is 461 g/mol. The highest BCUT2D eigenvalue weighted by Crippen LogP contribution is 2.08. The second-order valence-corrected chi connectivity index (χ2v) is 6.60. The smallest absolute Gasteiger partial charge is 0.227 e. The van der Waals surface area contributed by atoms with Crippen LogP contribution in [0.2, 0.25) is 0 Å². The van der Waals surface area contributed by atoms with Crippen LogP contribution in [0.25, 0.3) is 0 Å². The van der Waals surface area contributed by atoms with E-state index in [0.29, 0.717) is 18.3 Å². The van der Waals surface area contributed by atoms with Crippen LogP contribution in [0.1, 0.15) is 52.1 Å². The van der Waals surface area contributed by atoms with Crippen LogP contribution in [0.5, 0.6) is 0 Å². The Morgan fingerprint density at radius 3 is 2.64 bits per heavy atom. The number of aromatic nitrogens is 1. The van der Waals surface area contributed by atoms with Gasteiger partial charge in [-0.25, -0.2) is 4.98 Å². The highest BCUT2D eigenvalue weighted by molar-refractivity contribution is 14.0. The number of hydrogen-bond acceptors (Lipinski definition) is 3. The fourth-order valence-electron chi connectivity index (χ4n) is 2.30. The van der Waals surface area contributed by atoms with E-state index in [2.05, 4.69) is 41.4 Å². The molecule has 0 radical (unpaired) electrons. The molecule has 4 N–H and O–H groups in total. The van der Waals surface area contributed by atoms with Gasteiger partial charge in [-0.05, 0) is 38.3 Å². The Hall–Kier alpha value is -1.38. The predicted octanol–water partition coefficient (Wildman–Crippen LogP) is 3.46. The first-order valence-electron chi connectivity index (χ1n) is 8.66. The van der Waals surface area contributed by atoms with Crippen LogP contribution in [-0.4, -0.2) is 29.4 Å². The summed E-state index contributed by atoms with van der Waals surface area (Å²) in [6.45, 7) is 8.79. The van der Waals surface area contributed by atoms with Crippen molar-refractivity contribution in [2.45, 2.75) is 59.4 Å². The van der Waals surface area contributed by atoms with Crippen molar-refractivity contribution in [2.75, 3.05) is 11.9 Å². The molecule has 25 heavy (non-hydrogen) atoms. The zero-order valence-corrected chi connectivity index (χ0v) is 18.0. The van der Waals surface area contributed by atoms with Crippen LogP contribution < -0.4 is 16.4 Å². The van der Waals surface area contributed by atoms with Gasteiger partial charge < -0.3 is 16.4 Å². The van der Waals surface area contributed by atoms with E-state index in [4.69, 9.17) is 5.73 Å². The van der Waals surface area contributed by atoms with Crippen LogP contribution in [0.15, 0.2) is 23.2 Å². The third-order valence-corrected chi connectivity index (χ3v) is 3.59. The number of halogens is 1. The molecule has 1 aromatic heterocycles. The zero-order chi connectivity index (χ0) is 17.9. The first-order valence-corrected chi connectivity index (χ1v) is 8.66. The molecule has 0 aromatic carbocycles. The number of pyridine rings is 1. The molecule has 0 aliphatic heterocycles. The second kappa shape index (κ2) is 12.9. The van der Waals surface area contributed by atoms with E-state index < -0.39 is 0 Å². The Balaban J connectivity index is 0.00000576. The molecule has 142 valence electrons. The highest BCUT2D eigenvalue weighted by atomic mass is 127. The molecule has 0 spiro atoms. The van der Waals surface area contributed by atoms with Crippen molar-refractivity contribution >= 4 is 41.7 Å². The largest absolute Gasteiger partial charge is 0.370 e. The number of nitrogens with zero attached hydrogens (tertiary/aromatic N) is 2. The maximum Gasteiger partial charge on any atom is 0.227 e. The average Bonchev–Trinajstić information content (AvgIpc) is 2.46. The third kappa shape index (κ3) is 11.7. The van der Waals surface area contributed by atoms with Crippen molar-refractivity contribution < 1.29 is 4.79 Å². The van der Waals surface area contributed by atoms with Gasteiger partial charge >= 0.3 is 0 Å². The first kappa shape index (κ1) is 23.6. The fourth-order valence-corrected chi connectivity index (χ4v) is 2.30. The Bertz CT molecular complexity index is 548. The maximum absolute atomic E-state index is 11.9. The number of rotatable bonds is 9. The van der Waals surface area contributed by atoms with Gasteiger partial charge in [-0.2, -0.15) is 0 Å². The molecule has 0 saturated carbocycles. The number of aliphatic imine (C=N–C) groups is 1. The van der Waals surface area contributed by atoms with E-state index in [-0.39, 0.29) is 42.3 Å². The topological polar surface area (TPSA) is 92.4 Å². The second-order valence-electron chi connectivity index (χ2n) is 6.60. The summed E-state index contributed by atoms with van der Waals surface area (Å²) in [5.74, 6) is 1.57. The average molecular weight is 461 g/mol. The van der Waals surface area contributed by atoms with E-state index >= 15 is 0 Å². The van der Waals surface area contributed by atoms with Gasteiger partial charge in [0.1, 0.15) is 5.82 Å². The molecule has 0 bridgehead atoms. The van der Waals surface area contributed by atoms with Crippen LogP contribution in [0.3, 0.4) is 0 Å². The Morgan fingerprint density at radius 2 is 2.00 bits per heavy atom. The zero-order valence-electron chi connectivity index (χ0n) is 15.7. The van der Waals surface area contributed by atoms with E-state index in [1.54, 1.807) is 6.07 Å². The number of hydrogen-bond donors (Lipinski definition) is 3. The number of anilines is 1. The lowest BCUT2D eigenvalue weighted by molar-refractivity contribution is -0.116. The number of guanidine groups is 1. The molecular formula is C18H32IN5O. The minimum atomic E-state index is -0.116. The van der Waals surface area contributed by atoms with Gasteiger partial charge in [-0.3, -0.25) is 9.79 Å². The van der Waals surface area contributed by atoms with Gasteiger partial charge in [-0.15, -0.1) is 24.0 Å². The summed E-state index contributed by atoms with van der Waals surface area (Å²) in [4.78, 5) is 20.3. The van der Waals surface area contributed by atoms with Crippen LogP contribution >= 0.6 is 24.0 Å². The number of nitrogens with one attached hydrogen (secondary N) is 2. The Kier molecular flexibility index (Phi) is 12.2. The third-order valence-electron chi connectivity index (χ3n) is 3.59. The lowest BCUT2D eigenvalue weighted by Crippen LogP contribution is -2.38. The van der Waals surface area contributed by atoms with Gasteiger partial charge in [0.2, 0.25) is 5.91 Å². The normalized spacial score (nSPS) is 12.4. The predicted molar refractivity (Wildman–Crippen MR) is 115 cm³/mol. The molecule has 1 heterocycles. The molecule has 1 unspecified atom stereocenters. The summed E-state index contributed by atoms with van der Waals surface area (Å²) in [6, 6.07) is 5.80. The first-order chi connectivity index (χ1) is 11.4. The molecule has 1 atom stereocenters. The number of carbonyl (C=O) groups is 1. The van der Waals surface area contributed by atoms with Crippen molar-refractivity contribution in [1.82, 2.24) is 10.3 Å². The SMILES string of the molecule is Cc1cccc(NC(=O)CCN=C(N)NC(C)CCCC(C)C)n1.I. The molecule has 1 amide bonds. The number of nitrogens with two attached hydrogens (primary N) is 1. The number of amides is 1. The molecular weight excluding hydrogens is 429 g/mol. The molecule has 7 heteroatoms. The van der Waals surface area contributed by atoms with Gasteiger partial charge in [0.05, 0.1) is 6.54 Å². The van der Waals surface area contributed by atoms with E-state index in [1.807, 2.05) is 19.1 Å². The summed E-state index contributed by atoms with van der Waals surface area (Å²) in [5.41, 5.74) is 6.73. The summed E-state index contributed by atoms with van der Waals surface area (Å²) in [5, 5.41) is 5.92. The van der Waals surface area contributed by atoms with Gasteiger partial charge in [0, 0.05) is 18.2 Å². The van der Waals surface area contributed by atoms with Gasteiger partial charge in [0.15, 0.2) is 5.96 Å². The summed E-state index contributed by atoms with van der Waals surface area (Å²) >= 11 is 0. The summed E-state index contributed by atoms with van der Waals surface area (Å²) in [7, 11) is 0. The maximum atomic E-state index is 11.9. The summed E-state index contributed by atoms with van der Waals surface area (Å²) < 4.78 is 0. The van der Waals surface area contributed by atoms with Crippen molar-refractivity contribution in [1.29, 1.82) is 0 Å². The minimum absolute atomic E-state index is 0. The van der Waals surface area contributed by atoms with Crippen molar-refractivity contribution in [3.8, 4) is 0 Å². The molecule has 6 nitrogen and oxygen atoms in total. The van der Waals surface area contributed by atoms with E-state index in [0.717, 1.165) is 18.0 Å². The molecule has 0 saturated heterocycles. The molecule has 0 aliphatic carbocycles. The van der Waals surface area contributed by atoms with E-state index in [9.17, 15) is 4.79 Å². The summed E-state index contributed by atoms with van der Waals surface area (Å²) in [6.07, 6.45) is 3.73. The van der Waals surface area contributed by atoms with Gasteiger partial charge in [-0.1, -0.05) is 32.8 Å². The quantitative estimate of drug-likeness (QED) is 0.298. The Labute approximate surface area is 168 Å². The van der Waals surface area contributed by atoms with Crippen molar-refractivity contribution in [3.05, 3.63) is 23.9 Å². The van der Waals surface area contributed by atoms with Gasteiger partial charge in [0.25, 0.3) is 0 Å². The molecule has 0 fully saturated rings. The molecule has 0 aliphatic rings. The highest BCUT2D eigenvalue weighted by Gasteiger charge is 2.05. The number of aryl methyl sites for hydroxylation is 1. The van der Waals surface area contributed by atoms with Crippen LogP contribution in [0.4, 0.5) is 5.82 Å². The lowest BCUT2D eigenvalue weighted by Gasteiger charge is -2.15. The Morgan fingerprint density at radius 1 is 1.28 bits per heavy atom. The lowest BCUT2D eigenvalue weighted by atomic mass is 10.0. The number of carbonyl (C=O) groups excluding carboxylic acids is 1. The van der Waals surface area contributed by atoms with E-state index in [1.165, 1.54) is 12.8 Å². The van der Waals surface area contributed by atoms with Crippen molar-refractivity contribution in [2.24, 2.45) is 16.6 Å².